The molecule has 15 heavy (non-hydrogen) atoms. The highest BCUT2D eigenvalue weighted by Gasteiger charge is 2.34. The third kappa shape index (κ3) is 1.92. The number of halogens is 2. The van der Waals surface area contributed by atoms with Gasteiger partial charge in [0.25, 0.3) is 0 Å². The fraction of sp³-hybridized carbons (Fsp3) is 0.273. The third-order valence-corrected chi connectivity index (χ3v) is 2.70. The summed E-state index contributed by atoms with van der Waals surface area (Å²) in [7, 11) is 0. The minimum absolute atomic E-state index is 0.330. The molecule has 2 nitrogen and oxygen atoms in total. The van der Waals surface area contributed by atoms with Crippen LogP contribution in [0, 0.1) is 0 Å². The summed E-state index contributed by atoms with van der Waals surface area (Å²) < 4.78 is 5.65. The Bertz CT molecular complexity index is 367. The molecule has 0 spiro atoms. The van der Waals surface area contributed by atoms with Gasteiger partial charge >= 0.3 is 0 Å². The minimum Gasteiger partial charge on any atom is -0.465 e. The number of fused-ring (bicyclic) bond motifs is 1. The van der Waals surface area contributed by atoms with E-state index < -0.39 is 4.84 Å². The SMILES string of the molecule is C=CCN1c2ccccc2OC1C(Cl)Cl. The van der Waals surface area contributed by atoms with Crippen molar-refractivity contribution in [3.8, 4) is 5.75 Å². The molecule has 0 amide bonds. The molecule has 1 aliphatic heterocycles. The summed E-state index contributed by atoms with van der Waals surface area (Å²) in [6.45, 7) is 4.37. The fourth-order valence-electron chi connectivity index (χ4n) is 1.65. The van der Waals surface area contributed by atoms with Crippen LogP contribution in [-0.2, 0) is 0 Å². The van der Waals surface area contributed by atoms with E-state index in [4.69, 9.17) is 27.9 Å². The highest BCUT2D eigenvalue weighted by molar-refractivity contribution is 6.44. The van der Waals surface area contributed by atoms with Crippen molar-refractivity contribution in [2.24, 2.45) is 0 Å². The number of nitrogens with zero attached hydrogens (tertiary/aromatic N) is 1. The molecule has 4 heteroatoms. The van der Waals surface area contributed by atoms with E-state index in [0.29, 0.717) is 6.54 Å². The summed E-state index contributed by atoms with van der Waals surface area (Å²) in [4.78, 5) is 1.41. The van der Waals surface area contributed by atoms with Gasteiger partial charge in [-0.2, -0.15) is 0 Å². The van der Waals surface area contributed by atoms with Gasteiger partial charge in [-0.05, 0) is 12.1 Å². The van der Waals surface area contributed by atoms with Crippen molar-refractivity contribution in [3.05, 3.63) is 36.9 Å². The Kier molecular flexibility index (Phi) is 3.08. The molecule has 1 unspecified atom stereocenters. The molecule has 80 valence electrons. The van der Waals surface area contributed by atoms with Gasteiger partial charge in [-0.1, -0.05) is 41.4 Å². The molecular weight excluding hydrogens is 233 g/mol. The highest BCUT2D eigenvalue weighted by Crippen LogP contribution is 2.39. The smallest absolute Gasteiger partial charge is 0.203 e. The van der Waals surface area contributed by atoms with E-state index in [1.807, 2.05) is 29.2 Å². The van der Waals surface area contributed by atoms with E-state index in [1.165, 1.54) is 0 Å². The zero-order valence-electron chi connectivity index (χ0n) is 8.07. The fourth-order valence-corrected chi connectivity index (χ4v) is 2.03. The Hall–Kier alpha value is -0.860. The molecule has 0 bridgehead atoms. The number of para-hydroxylation sites is 2. The van der Waals surface area contributed by atoms with Crippen LogP contribution in [0.25, 0.3) is 0 Å². The third-order valence-electron chi connectivity index (χ3n) is 2.27. The van der Waals surface area contributed by atoms with Crippen molar-refractivity contribution in [1.29, 1.82) is 0 Å². The zero-order valence-corrected chi connectivity index (χ0v) is 9.58. The Labute approximate surface area is 99.0 Å². The first-order valence-corrected chi connectivity index (χ1v) is 5.52. The Morgan fingerprint density at radius 1 is 1.47 bits per heavy atom. The van der Waals surface area contributed by atoms with E-state index in [0.717, 1.165) is 11.4 Å². The van der Waals surface area contributed by atoms with Gasteiger partial charge in [0.1, 0.15) is 5.75 Å². The lowest BCUT2D eigenvalue weighted by Gasteiger charge is -2.24. The zero-order chi connectivity index (χ0) is 10.8. The summed E-state index contributed by atoms with van der Waals surface area (Å²) in [6, 6.07) is 7.76. The molecule has 1 heterocycles. The molecule has 0 saturated heterocycles. The first-order chi connectivity index (χ1) is 7.24. The van der Waals surface area contributed by atoms with Gasteiger partial charge < -0.3 is 9.64 Å². The quantitative estimate of drug-likeness (QED) is 0.598. The summed E-state index contributed by atoms with van der Waals surface area (Å²) in [5, 5.41) is 0. The predicted octanol–water partition coefficient (Wildman–Crippen LogP) is 3.20. The van der Waals surface area contributed by atoms with Crippen LogP contribution in [0.15, 0.2) is 36.9 Å². The standard InChI is InChI=1S/C11H11Cl2NO/c1-2-7-14-8-5-3-4-6-9(8)15-11(14)10(12)13/h2-6,10-11H,1,7H2. The van der Waals surface area contributed by atoms with Crippen molar-refractivity contribution in [1.82, 2.24) is 0 Å². The molecule has 2 rings (SSSR count). The molecule has 0 fully saturated rings. The van der Waals surface area contributed by atoms with Crippen molar-refractivity contribution in [2.45, 2.75) is 11.1 Å². The summed E-state index contributed by atoms with van der Waals surface area (Å²) in [5.74, 6) is 0.815. The molecule has 1 atom stereocenters. The van der Waals surface area contributed by atoms with Gasteiger partial charge in [0.2, 0.25) is 6.23 Å². The lowest BCUT2D eigenvalue weighted by molar-refractivity contribution is 0.241. The van der Waals surface area contributed by atoms with Crippen LogP contribution < -0.4 is 9.64 Å². The van der Waals surface area contributed by atoms with Crippen LogP contribution in [0.3, 0.4) is 0 Å². The van der Waals surface area contributed by atoms with Gasteiger partial charge in [0, 0.05) is 6.54 Å². The van der Waals surface area contributed by atoms with Crippen LogP contribution in [0.4, 0.5) is 5.69 Å². The second kappa shape index (κ2) is 4.33. The number of rotatable bonds is 3. The van der Waals surface area contributed by atoms with Crippen LogP contribution in [-0.4, -0.2) is 17.6 Å². The van der Waals surface area contributed by atoms with E-state index in [1.54, 1.807) is 6.08 Å². The molecule has 1 aliphatic rings. The molecule has 0 aromatic heterocycles. The number of alkyl halides is 2. The van der Waals surface area contributed by atoms with Crippen molar-refractivity contribution < 1.29 is 4.74 Å². The molecular formula is C11H11Cl2NO. The largest absolute Gasteiger partial charge is 0.465 e. The molecule has 0 saturated carbocycles. The summed E-state index contributed by atoms with van der Waals surface area (Å²) in [5.41, 5.74) is 1.01. The Morgan fingerprint density at radius 3 is 2.87 bits per heavy atom. The van der Waals surface area contributed by atoms with Gasteiger partial charge in [0.05, 0.1) is 5.69 Å². The second-order valence-corrected chi connectivity index (χ2v) is 4.42. The number of ether oxygens (including phenoxy) is 1. The maximum absolute atomic E-state index is 5.87. The van der Waals surface area contributed by atoms with E-state index >= 15 is 0 Å². The van der Waals surface area contributed by atoms with Crippen LogP contribution in [0.2, 0.25) is 0 Å². The Balaban J connectivity index is 2.33. The minimum atomic E-state index is -0.586. The normalized spacial score (nSPS) is 18.9. The first-order valence-electron chi connectivity index (χ1n) is 4.65. The number of benzene rings is 1. The van der Waals surface area contributed by atoms with Crippen molar-refractivity contribution in [3.63, 3.8) is 0 Å². The molecule has 1 aromatic carbocycles. The molecule has 0 aliphatic carbocycles. The van der Waals surface area contributed by atoms with Crippen LogP contribution >= 0.6 is 23.2 Å². The molecule has 0 N–H and O–H groups in total. The van der Waals surface area contributed by atoms with Crippen LogP contribution in [0.5, 0.6) is 5.75 Å². The average Bonchev–Trinajstić information content (AvgIpc) is 2.58. The predicted molar refractivity (Wildman–Crippen MR) is 63.9 cm³/mol. The van der Waals surface area contributed by atoms with Crippen molar-refractivity contribution >= 4 is 28.9 Å². The summed E-state index contributed by atoms with van der Waals surface area (Å²) in [6.07, 6.45) is 1.47. The van der Waals surface area contributed by atoms with Crippen LogP contribution in [0.1, 0.15) is 0 Å². The maximum Gasteiger partial charge on any atom is 0.203 e. The van der Waals surface area contributed by atoms with Gasteiger partial charge in [-0.3, -0.25) is 0 Å². The lowest BCUT2D eigenvalue weighted by atomic mass is 10.3. The van der Waals surface area contributed by atoms with Gasteiger partial charge in [0.15, 0.2) is 4.84 Å². The van der Waals surface area contributed by atoms with Gasteiger partial charge in [-0.15, -0.1) is 6.58 Å². The van der Waals surface area contributed by atoms with E-state index in [2.05, 4.69) is 6.58 Å². The first kappa shape index (κ1) is 10.7. The Morgan fingerprint density at radius 2 is 2.20 bits per heavy atom. The number of anilines is 1. The van der Waals surface area contributed by atoms with Gasteiger partial charge in [-0.25, -0.2) is 0 Å². The molecule has 1 aromatic rings. The lowest BCUT2D eigenvalue weighted by Crippen LogP contribution is -2.39. The molecule has 0 radical (unpaired) electrons. The highest BCUT2D eigenvalue weighted by atomic mass is 35.5. The van der Waals surface area contributed by atoms with E-state index in [9.17, 15) is 0 Å². The van der Waals surface area contributed by atoms with Crippen molar-refractivity contribution in [2.75, 3.05) is 11.4 Å². The number of hydrogen-bond acceptors (Lipinski definition) is 2. The maximum atomic E-state index is 5.87. The second-order valence-electron chi connectivity index (χ2n) is 3.25. The number of hydrogen-bond donors (Lipinski definition) is 0. The summed E-state index contributed by atoms with van der Waals surface area (Å²) >= 11 is 11.7. The van der Waals surface area contributed by atoms with E-state index in [-0.39, 0.29) is 6.23 Å². The topological polar surface area (TPSA) is 12.5 Å². The average molecular weight is 244 g/mol. The monoisotopic (exact) mass is 243 g/mol.